The fraction of sp³-hybridized carbons (Fsp3) is 0.200. The summed E-state index contributed by atoms with van der Waals surface area (Å²) in [5, 5.41) is 9.95. The van der Waals surface area contributed by atoms with Crippen LogP contribution in [0.1, 0.15) is 5.82 Å². The van der Waals surface area contributed by atoms with Crippen LogP contribution in [0.4, 0.5) is 11.4 Å². The first kappa shape index (κ1) is 11.2. The number of hydrogen-bond acceptors (Lipinski definition) is 4. The van der Waals surface area contributed by atoms with Crippen LogP contribution in [0.5, 0.6) is 0 Å². The number of benzene rings is 1. The zero-order chi connectivity index (χ0) is 11.4. The molecule has 0 aliphatic rings. The van der Waals surface area contributed by atoms with Gasteiger partial charge >= 0.3 is 0 Å². The van der Waals surface area contributed by atoms with E-state index >= 15 is 0 Å². The van der Waals surface area contributed by atoms with Crippen LogP contribution in [0.15, 0.2) is 24.5 Å². The second-order valence-corrected chi connectivity index (χ2v) is 4.51. The quantitative estimate of drug-likeness (QED) is 0.589. The number of halogens is 1. The molecule has 2 aromatic rings. The van der Waals surface area contributed by atoms with Gasteiger partial charge in [0.1, 0.15) is 12.2 Å². The Labute approximate surface area is 107 Å². The summed E-state index contributed by atoms with van der Waals surface area (Å²) in [6.45, 7) is 0.815. The summed E-state index contributed by atoms with van der Waals surface area (Å²) in [4.78, 5) is 4.06. The van der Waals surface area contributed by atoms with E-state index in [9.17, 15) is 0 Å². The van der Waals surface area contributed by atoms with Crippen molar-refractivity contribution in [3.8, 4) is 0 Å². The second kappa shape index (κ2) is 5.15. The molecule has 84 valence electrons. The van der Waals surface area contributed by atoms with Crippen LogP contribution in [0.2, 0.25) is 0 Å². The minimum Gasteiger partial charge on any atom is -0.399 e. The highest BCUT2D eigenvalue weighted by Crippen LogP contribution is 2.20. The first-order valence-corrected chi connectivity index (χ1v) is 5.97. The van der Waals surface area contributed by atoms with E-state index in [2.05, 4.69) is 43.1 Å². The first-order chi connectivity index (χ1) is 7.75. The molecular weight excluding hydrogens is 317 g/mol. The van der Waals surface area contributed by atoms with Crippen molar-refractivity contribution in [2.24, 2.45) is 0 Å². The van der Waals surface area contributed by atoms with Crippen LogP contribution in [0.25, 0.3) is 0 Å². The zero-order valence-corrected chi connectivity index (χ0v) is 10.7. The maximum absolute atomic E-state index is 5.68. The lowest BCUT2D eigenvalue weighted by atomic mass is 10.3. The van der Waals surface area contributed by atoms with Gasteiger partial charge in [-0.3, -0.25) is 5.10 Å². The van der Waals surface area contributed by atoms with Crippen molar-refractivity contribution < 1.29 is 0 Å². The number of rotatable bonds is 4. The highest BCUT2D eigenvalue weighted by molar-refractivity contribution is 14.1. The standard InChI is InChI=1S/C10H12IN5/c11-8-5-7(12)1-2-9(8)13-4-3-10-14-6-15-16-10/h1-2,5-6,13H,3-4,12H2,(H,14,15,16). The number of nitrogens with zero attached hydrogens (tertiary/aromatic N) is 2. The number of H-pyrrole nitrogens is 1. The predicted octanol–water partition coefficient (Wildman–Crippen LogP) is 1.65. The molecule has 2 rings (SSSR count). The van der Waals surface area contributed by atoms with E-state index in [1.54, 1.807) is 0 Å². The Bertz CT molecular complexity index is 454. The van der Waals surface area contributed by atoms with Gasteiger partial charge in [-0.15, -0.1) is 0 Å². The van der Waals surface area contributed by atoms with Gasteiger partial charge in [0.25, 0.3) is 0 Å². The molecule has 5 nitrogen and oxygen atoms in total. The van der Waals surface area contributed by atoms with Crippen molar-refractivity contribution in [3.05, 3.63) is 33.9 Å². The minimum absolute atomic E-state index is 0.783. The fourth-order valence-corrected chi connectivity index (χ4v) is 2.07. The van der Waals surface area contributed by atoms with Crippen LogP contribution in [0, 0.1) is 3.57 Å². The Kier molecular flexibility index (Phi) is 3.60. The van der Waals surface area contributed by atoms with E-state index in [-0.39, 0.29) is 0 Å². The maximum Gasteiger partial charge on any atom is 0.137 e. The number of aromatic nitrogens is 3. The Morgan fingerprint density at radius 1 is 1.44 bits per heavy atom. The Balaban J connectivity index is 1.90. The van der Waals surface area contributed by atoms with Crippen molar-refractivity contribution in [2.75, 3.05) is 17.6 Å². The van der Waals surface area contributed by atoms with Crippen LogP contribution in [-0.4, -0.2) is 21.7 Å². The third-order valence-corrected chi connectivity index (χ3v) is 3.03. The van der Waals surface area contributed by atoms with Gasteiger partial charge in [-0.05, 0) is 40.8 Å². The van der Waals surface area contributed by atoms with Crippen molar-refractivity contribution in [3.63, 3.8) is 0 Å². The highest BCUT2D eigenvalue weighted by Gasteiger charge is 2.00. The summed E-state index contributed by atoms with van der Waals surface area (Å²) < 4.78 is 1.12. The summed E-state index contributed by atoms with van der Waals surface area (Å²) in [5.41, 5.74) is 7.55. The normalized spacial score (nSPS) is 10.3. The average Bonchev–Trinajstić information content (AvgIpc) is 2.74. The molecule has 0 amide bonds. The van der Waals surface area contributed by atoms with E-state index in [0.29, 0.717) is 0 Å². The molecule has 6 heteroatoms. The third-order valence-electron chi connectivity index (χ3n) is 2.14. The third kappa shape index (κ3) is 2.84. The molecule has 0 aliphatic heterocycles. The molecule has 0 fully saturated rings. The van der Waals surface area contributed by atoms with Crippen LogP contribution >= 0.6 is 22.6 Å². The van der Waals surface area contributed by atoms with Crippen molar-refractivity contribution >= 4 is 34.0 Å². The molecule has 0 spiro atoms. The monoisotopic (exact) mass is 329 g/mol. The number of aromatic amines is 1. The van der Waals surface area contributed by atoms with Crippen molar-refractivity contribution in [1.29, 1.82) is 0 Å². The van der Waals surface area contributed by atoms with Gasteiger partial charge in [-0.2, -0.15) is 5.10 Å². The Morgan fingerprint density at radius 3 is 3.00 bits per heavy atom. The zero-order valence-electron chi connectivity index (χ0n) is 8.57. The lowest BCUT2D eigenvalue weighted by Gasteiger charge is -2.07. The maximum atomic E-state index is 5.68. The van der Waals surface area contributed by atoms with E-state index in [1.165, 1.54) is 6.33 Å². The van der Waals surface area contributed by atoms with Gasteiger partial charge in [0.05, 0.1) is 0 Å². The number of nitrogens with two attached hydrogens (primary N) is 1. The number of nitrogen functional groups attached to an aromatic ring is 1. The molecule has 16 heavy (non-hydrogen) atoms. The minimum atomic E-state index is 0.783. The predicted molar refractivity (Wildman–Crippen MR) is 72.1 cm³/mol. The fourth-order valence-electron chi connectivity index (χ4n) is 1.34. The first-order valence-electron chi connectivity index (χ1n) is 4.89. The summed E-state index contributed by atoms with van der Waals surface area (Å²) in [6.07, 6.45) is 2.34. The number of nitrogens with one attached hydrogen (secondary N) is 2. The van der Waals surface area contributed by atoms with E-state index in [4.69, 9.17) is 5.73 Å². The van der Waals surface area contributed by atoms with Gasteiger partial charge in [-0.25, -0.2) is 4.98 Å². The molecule has 1 aromatic carbocycles. The van der Waals surface area contributed by atoms with E-state index in [0.717, 1.165) is 33.7 Å². The Hall–Kier alpha value is -1.31. The molecule has 0 saturated carbocycles. The topological polar surface area (TPSA) is 79.6 Å². The SMILES string of the molecule is Nc1ccc(NCCc2ncn[nH]2)c(I)c1. The molecule has 0 atom stereocenters. The van der Waals surface area contributed by atoms with E-state index in [1.807, 2.05) is 18.2 Å². The largest absolute Gasteiger partial charge is 0.399 e. The molecule has 0 bridgehead atoms. The molecular formula is C10H12IN5. The van der Waals surface area contributed by atoms with Gasteiger partial charge in [-0.1, -0.05) is 0 Å². The molecule has 4 N–H and O–H groups in total. The highest BCUT2D eigenvalue weighted by atomic mass is 127. The second-order valence-electron chi connectivity index (χ2n) is 3.35. The summed E-state index contributed by atoms with van der Waals surface area (Å²) in [5.74, 6) is 0.887. The Morgan fingerprint density at radius 2 is 2.31 bits per heavy atom. The van der Waals surface area contributed by atoms with E-state index < -0.39 is 0 Å². The van der Waals surface area contributed by atoms with Crippen LogP contribution < -0.4 is 11.1 Å². The summed E-state index contributed by atoms with van der Waals surface area (Å²) >= 11 is 2.26. The van der Waals surface area contributed by atoms with Gasteiger partial charge < -0.3 is 11.1 Å². The van der Waals surface area contributed by atoms with Crippen LogP contribution in [0.3, 0.4) is 0 Å². The van der Waals surface area contributed by atoms with Gasteiger partial charge in [0.15, 0.2) is 0 Å². The molecule has 0 unspecified atom stereocenters. The molecule has 0 aliphatic carbocycles. The summed E-state index contributed by atoms with van der Waals surface area (Å²) in [6, 6.07) is 5.81. The number of anilines is 2. The van der Waals surface area contributed by atoms with Gasteiger partial charge in [0, 0.05) is 27.9 Å². The number of hydrogen-bond donors (Lipinski definition) is 3. The molecule has 1 heterocycles. The van der Waals surface area contributed by atoms with Crippen LogP contribution in [-0.2, 0) is 6.42 Å². The van der Waals surface area contributed by atoms with Gasteiger partial charge in [0.2, 0.25) is 0 Å². The molecule has 0 radical (unpaired) electrons. The van der Waals surface area contributed by atoms with Crippen molar-refractivity contribution in [1.82, 2.24) is 15.2 Å². The lowest BCUT2D eigenvalue weighted by Crippen LogP contribution is -2.07. The summed E-state index contributed by atoms with van der Waals surface area (Å²) in [7, 11) is 0. The molecule has 0 saturated heterocycles. The van der Waals surface area contributed by atoms with Crippen molar-refractivity contribution in [2.45, 2.75) is 6.42 Å². The lowest BCUT2D eigenvalue weighted by molar-refractivity contribution is 0.901. The average molecular weight is 329 g/mol. The smallest absolute Gasteiger partial charge is 0.137 e. The molecule has 1 aromatic heterocycles.